The van der Waals surface area contributed by atoms with Crippen molar-refractivity contribution in [2.75, 3.05) is 12.9 Å². The van der Waals surface area contributed by atoms with Gasteiger partial charge in [0.15, 0.2) is 11.2 Å². The lowest BCUT2D eigenvalue weighted by Gasteiger charge is -2.16. The van der Waals surface area contributed by atoms with Crippen molar-refractivity contribution in [3.05, 3.63) is 47.3 Å². The van der Waals surface area contributed by atoms with Gasteiger partial charge in [-0.1, -0.05) is 55.9 Å². The van der Waals surface area contributed by atoms with Gasteiger partial charge in [0.2, 0.25) is 5.91 Å². The van der Waals surface area contributed by atoms with Crippen LogP contribution in [0.2, 0.25) is 0 Å². The number of carbonyl (C=O) groups is 2. The van der Waals surface area contributed by atoms with E-state index in [1.807, 2.05) is 25.1 Å². The first-order valence-electron chi connectivity index (χ1n) is 8.51. The quantitative estimate of drug-likeness (QED) is 0.547. The Bertz CT molecular complexity index is 744. The van der Waals surface area contributed by atoms with Gasteiger partial charge in [0.25, 0.3) is 0 Å². The van der Waals surface area contributed by atoms with Crippen LogP contribution in [0.3, 0.4) is 0 Å². The van der Waals surface area contributed by atoms with Gasteiger partial charge in [0.1, 0.15) is 0 Å². The molecule has 2 aromatic rings. The third-order valence-corrected chi connectivity index (χ3v) is 4.65. The van der Waals surface area contributed by atoms with Crippen LogP contribution in [0.15, 0.2) is 35.5 Å². The predicted molar refractivity (Wildman–Crippen MR) is 102 cm³/mol. The van der Waals surface area contributed by atoms with Gasteiger partial charge in [0, 0.05) is 5.69 Å². The van der Waals surface area contributed by atoms with Gasteiger partial charge in [-0.05, 0) is 24.8 Å². The fraction of sp³-hybridized carbons (Fsp3) is 0.421. The van der Waals surface area contributed by atoms with E-state index in [-0.39, 0.29) is 11.7 Å². The van der Waals surface area contributed by atoms with Crippen LogP contribution in [-0.4, -0.2) is 34.7 Å². The molecule has 0 radical (unpaired) electrons. The van der Waals surface area contributed by atoms with Crippen LogP contribution in [0.4, 0.5) is 0 Å². The van der Waals surface area contributed by atoms with E-state index in [9.17, 15) is 9.59 Å². The highest BCUT2D eigenvalue weighted by atomic mass is 32.2. The molecule has 1 atom stereocenters. The van der Waals surface area contributed by atoms with Crippen molar-refractivity contribution in [1.29, 1.82) is 0 Å². The Morgan fingerprint density at radius 3 is 2.58 bits per heavy atom. The minimum atomic E-state index is -0.816. The van der Waals surface area contributed by atoms with E-state index in [0.717, 1.165) is 17.8 Å². The fourth-order valence-electron chi connectivity index (χ4n) is 2.50. The maximum absolute atomic E-state index is 12.3. The number of aryl methyl sites for hydroxylation is 1. The third-order valence-electron chi connectivity index (χ3n) is 3.78. The summed E-state index contributed by atoms with van der Waals surface area (Å²) in [5.41, 5.74) is 2.74. The molecule has 140 valence electrons. The van der Waals surface area contributed by atoms with Crippen LogP contribution >= 0.6 is 11.8 Å². The second-order valence-corrected chi connectivity index (χ2v) is 7.40. The number of esters is 1. The zero-order valence-electron chi connectivity index (χ0n) is 15.5. The Morgan fingerprint density at radius 2 is 1.96 bits per heavy atom. The Labute approximate surface area is 158 Å². The first-order valence-corrected chi connectivity index (χ1v) is 9.49. The van der Waals surface area contributed by atoms with Gasteiger partial charge >= 0.3 is 5.97 Å². The van der Waals surface area contributed by atoms with Crippen LogP contribution < -0.4 is 5.32 Å². The number of amides is 1. The van der Waals surface area contributed by atoms with Crippen molar-refractivity contribution in [3.8, 4) is 0 Å². The van der Waals surface area contributed by atoms with Gasteiger partial charge in [-0.25, -0.2) is 9.78 Å². The highest BCUT2D eigenvalue weighted by molar-refractivity contribution is 7.99. The summed E-state index contributed by atoms with van der Waals surface area (Å²) < 4.78 is 4.81. The summed E-state index contributed by atoms with van der Waals surface area (Å²) in [6, 6.07) is 8.22. The SMILES string of the molecule is COC(=O)C(NC(=O)CSc1nc(CC(C)C)c(C)[nH]1)c1ccccc1. The van der Waals surface area contributed by atoms with Gasteiger partial charge in [-0.2, -0.15) is 0 Å². The second kappa shape index (κ2) is 9.43. The molecule has 7 heteroatoms. The maximum atomic E-state index is 12.3. The van der Waals surface area contributed by atoms with Crippen LogP contribution in [0.25, 0.3) is 0 Å². The Morgan fingerprint density at radius 1 is 1.27 bits per heavy atom. The van der Waals surface area contributed by atoms with Crippen molar-refractivity contribution in [3.63, 3.8) is 0 Å². The van der Waals surface area contributed by atoms with E-state index in [1.165, 1.54) is 18.9 Å². The Hall–Kier alpha value is -2.28. The zero-order valence-corrected chi connectivity index (χ0v) is 16.4. The molecule has 6 nitrogen and oxygen atoms in total. The van der Waals surface area contributed by atoms with Crippen molar-refractivity contribution in [1.82, 2.24) is 15.3 Å². The first kappa shape index (κ1) is 20.0. The minimum Gasteiger partial charge on any atom is -0.467 e. The van der Waals surface area contributed by atoms with Crippen LogP contribution in [-0.2, 0) is 20.7 Å². The average Bonchev–Trinajstić information content (AvgIpc) is 2.97. The second-order valence-electron chi connectivity index (χ2n) is 6.43. The van der Waals surface area contributed by atoms with Gasteiger partial charge in [-0.15, -0.1) is 0 Å². The number of thioether (sulfide) groups is 1. The highest BCUT2D eigenvalue weighted by Crippen LogP contribution is 2.20. The summed E-state index contributed by atoms with van der Waals surface area (Å²) in [4.78, 5) is 32.1. The van der Waals surface area contributed by atoms with Crippen LogP contribution in [0, 0.1) is 12.8 Å². The molecule has 0 aliphatic rings. The summed E-state index contributed by atoms with van der Waals surface area (Å²) in [7, 11) is 1.31. The van der Waals surface area contributed by atoms with Gasteiger partial charge < -0.3 is 15.0 Å². The molecule has 0 fully saturated rings. The number of hydrogen-bond donors (Lipinski definition) is 2. The molecule has 0 saturated carbocycles. The van der Waals surface area contributed by atoms with Crippen molar-refractivity contribution in [2.45, 2.75) is 38.4 Å². The molecule has 0 saturated heterocycles. The standard InChI is InChI=1S/C19H25N3O3S/c1-12(2)10-15-13(3)20-19(21-15)26-11-16(23)22-17(18(24)25-4)14-8-6-5-7-9-14/h5-9,12,17H,10-11H2,1-4H3,(H,20,21)(H,22,23). The maximum Gasteiger partial charge on any atom is 0.333 e. The molecule has 26 heavy (non-hydrogen) atoms. The number of nitrogens with one attached hydrogen (secondary N) is 2. The minimum absolute atomic E-state index is 0.161. The number of carbonyl (C=O) groups excluding carboxylic acids is 2. The first-order chi connectivity index (χ1) is 12.4. The van der Waals surface area contributed by atoms with E-state index in [0.29, 0.717) is 16.6 Å². The van der Waals surface area contributed by atoms with Crippen LogP contribution in [0.1, 0.15) is 36.8 Å². The largest absolute Gasteiger partial charge is 0.467 e. The van der Waals surface area contributed by atoms with E-state index in [2.05, 4.69) is 29.1 Å². The number of nitrogens with zero attached hydrogens (tertiary/aromatic N) is 1. The Balaban J connectivity index is 1.97. The number of aromatic amines is 1. The summed E-state index contributed by atoms with van der Waals surface area (Å²) in [6.45, 7) is 6.27. The molecule has 1 aromatic heterocycles. The molecule has 0 bridgehead atoms. The number of H-pyrrole nitrogens is 1. The number of rotatable bonds is 8. The average molecular weight is 375 g/mol. The fourth-order valence-corrected chi connectivity index (χ4v) is 3.25. The molecule has 2 rings (SSSR count). The van der Waals surface area contributed by atoms with E-state index in [1.54, 1.807) is 12.1 Å². The molecule has 1 amide bonds. The summed E-state index contributed by atoms with van der Waals surface area (Å²) in [5, 5.41) is 3.44. The number of methoxy groups -OCH3 is 1. The lowest BCUT2D eigenvalue weighted by molar-refractivity contribution is -0.145. The summed E-state index contributed by atoms with van der Waals surface area (Å²) in [5.74, 6) is -0.0739. The molecule has 0 aliphatic carbocycles. The molecule has 1 unspecified atom stereocenters. The smallest absolute Gasteiger partial charge is 0.333 e. The number of ether oxygens (including phenoxy) is 1. The van der Waals surface area contributed by atoms with Crippen LogP contribution in [0.5, 0.6) is 0 Å². The summed E-state index contributed by atoms with van der Waals surface area (Å²) in [6.07, 6.45) is 0.896. The van der Waals surface area contributed by atoms with Crippen molar-refractivity contribution >= 4 is 23.6 Å². The number of aromatic nitrogens is 2. The zero-order chi connectivity index (χ0) is 19.1. The Kier molecular flexibility index (Phi) is 7.26. The predicted octanol–water partition coefficient (Wildman–Crippen LogP) is 3.04. The monoisotopic (exact) mass is 375 g/mol. The summed E-state index contributed by atoms with van der Waals surface area (Å²) >= 11 is 1.32. The van der Waals surface area contributed by atoms with E-state index in [4.69, 9.17) is 4.74 Å². The number of benzene rings is 1. The van der Waals surface area contributed by atoms with E-state index >= 15 is 0 Å². The molecule has 1 aromatic carbocycles. The molecule has 0 spiro atoms. The lowest BCUT2D eigenvalue weighted by atomic mass is 10.1. The normalized spacial score (nSPS) is 12.0. The number of imidazole rings is 1. The third kappa shape index (κ3) is 5.62. The van der Waals surface area contributed by atoms with Gasteiger partial charge in [0.05, 0.1) is 18.6 Å². The molecular formula is C19H25N3O3S. The van der Waals surface area contributed by atoms with Crippen molar-refractivity contribution < 1.29 is 14.3 Å². The van der Waals surface area contributed by atoms with E-state index < -0.39 is 12.0 Å². The number of hydrogen-bond acceptors (Lipinski definition) is 5. The lowest BCUT2D eigenvalue weighted by Crippen LogP contribution is -2.35. The highest BCUT2D eigenvalue weighted by Gasteiger charge is 2.23. The van der Waals surface area contributed by atoms with Gasteiger partial charge in [-0.3, -0.25) is 4.79 Å². The topological polar surface area (TPSA) is 84.1 Å². The molecule has 1 heterocycles. The molecule has 0 aliphatic heterocycles. The van der Waals surface area contributed by atoms with Crippen molar-refractivity contribution in [2.24, 2.45) is 5.92 Å². The molecule has 2 N–H and O–H groups in total. The molecular weight excluding hydrogens is 350 g/mol.